The first-order valence-corrected chi connectivity index (χ1v) is 8.13. The monoisotopic (exact) mass is 376 g/mol. The maximum Gasteiger partial charge on any atom is 0.173 e. The molecule has 0 aliphatic rings. The normalized spacial score (nSPS) is 10.8. The number of nitrogens with zero attached hydrogens (tertiary/aromatic N) is 2. The summed E-state index contributed by atoms with van der Waals surface area (Å²) in [6.45, 7) is 4.48. The first-order valence-electron chi connectivity index (χ1n) is 6.59. The molecule has 1 aromatic heterocycles. The molecule has 0 fully saturated rings. The second kappa shape index (κ2) is 7.51. The molecular formula is C14H15Cl3N4S. The van der Waals surface area contributed by atoms with Crippen LogP contribution >= 0.6 is 47.0 Å². The number of halogens is 3. The SMILES string of the molecule is CC(C)NC(=S)Nc1nn(Cc2ccc(Cl)cc2Cl)cc1Cl. The van der Waals surface area contributed by atoms with Crippen molar-refractivity contribution in [2.75, 3.05) is 5.32 Å². The van der Waals surface area contributed by atoms with Crippen LogP contribution in [0.4, 0.5) is 5.82 Å². The highest BCUT2D eigenvalue weighted by molar-refractivity contribution is 7.80. The van der Waals surface area contributed by atoms with Crippen LogP contribution in [-0.4, -0.2) is 20.9 Å². The molecule has 2 rings (SSSR count). The lowest BCUT2D eigenvalue weighted by Gasteiger charge is -2.11. The second-order valence-electron chi connectivity index (χ2n) is 5.01. The molecule has 1 heterocycles. The number of thiocarbonyl (C=S) groups is 1. The lowest BCUT2D eigenvalue weighted by Crippen LogP contribution is -2.34. The highest BCUT2D eigenvalue weighted by Crippen LogP contribution is 2.24. The molecule has 0 unspecified atom stereocenters. The van der Waals surface area contributed by atoms with Gasteiger partial charge in [-0.25, -0.2) is 0 Å². The van der Waals surface area contributed by atoms with E-state index in [1.54, 1.807) is 23.0 Å². The summed E-state index contributed by atoms with van der Waals surface area (Å²) in [5.74, 6) is 0.505. The zero-order valence-electron chi connectivity index (χ0n) is 12.0. The van der Waals surface area contributed by atoms with E-state index in [-0.39, 0.29) is 6.04 Å². The Hall–Kier alpha value is -1.01. The molecule has 0 aliphatic heterocycles. The van der Waals surface area contributed by atoms with E-state index in [9.17, 15) is 0 Å². The molecule has 0 saturated heterocycles. The molecule has 0 atom stereocenters. The van der Waals surface area contributed by atoms with Crippen LogP contribution in [0.15, 0.2) is 24.4 Å². The van der Waals surface area contributed by atoms with Crippen LogP contribution in [0.2, 0.25) is 15.1 Å². The van der Waals surface area contributed by atoms with E-state index < -0.39 is 0 Å². The third-order valence-corrected chi connectivity index (χ3v) is 3.80. The fourth-order valence-corrected chi connectivity index (χ4v) is 2.79. The fraction of sp³-hybridized carbons (Fsp3) is 0.286. The molecule has 0 aliphatic carbocycles. The van der Waals surface area contributed by atoms with Crippen molar-refractivity contribution in [3.8, 4) is 0 Å². The van der Waals surface area contributed by atoms with Gasteiger partial charge in [0, 0.05) is 22.3 Å². The van der Waals surface area contributed by atoms with E-state index in [1.807, 2.05) is 19.9 Å². The van der Waals surface area contributed by atoms with Gasteiger partial charge in [-0.15, -0.1) is 0 Å². The van der Waals surface area contributed by atoms with Crippen molar-refractivity contribution in [2.45, 2.75) is 26.4 Å². The van der Waals surface area contributed by atoms with Gasteiger partial charge in [-0.05, 0) is 43.8 Å². The Kier molecular flexibility index (Phi) is 5.92. The van der Waals surface area contributed by atoms with Crippen molar-refractivity contribution in [2.24, 2.45) is 0 Å². The minimum atomic E-state index is 0.230. The number of hydrogen-bond acceptors (Lipinski definition) is 2. The van der Waals surface area contributed by atoms with Gasteiger partial charge in [-0.3, -0.25) is 4.68 Å². The number of benzene rings is 1. The van der Waals surface area contributed by atoms with Crippen LogP contribution in [0, 0.1) is 0 Å². The average molecular weight is 378 g/mol. The van der Waals surface area contributed by atoms with E-state index in [0.29, 0.717) is 32.5 Å². The van der Waals surface area contributed by atoms with Crippen molar-refractivity contribution in [3.63, 3.8) is 0 Å². The molecular weight excluding hydrogens is 363 g/mol. The second-order valence-corrected chi connectivity index (χ2v) is 6.67. The van der Waals surface area contributed by atoms with Gasteiger partial charge in [0.1, 0.15) is 5.02 Å². The largest absolute Gasteiger partial charge is 0.360 e. The first kappa shape index (κ1) is 17.3. The molecule has 0 saturated carbocycles. The Bertz CT molecular complexity index is 685. The van der Waals surface area contributed by atoms with Crippen LogP contribution in [0.1, 0.15) is 19.4 Å². The van der Waals surface area contributed by atoms with Crippen molar-refractivity contribution < 1.29 is 0 Å². The molecule has 0 radical (unpaired) electrons. The molecule has 2 aromatic rings. The minimum absolute atomic E-state index is 0.230. The topological polar surface area (TPSA) is 41.9 Å². The zero-order valence-corrected chi connectivity index (χ0v) is 15.1. The summed E-state index contributed by atoms with van der Waals surface area (Å²) in [5.41, 5.74) is 0.902. The van der Waals surface area contributed by atoms with Crippen molar-refractivity contribution in [3.05, 3.63) is 45.0 Å². The van der Waals surface area contributed by atoms with Crippen LogP contribution in [0.25, 0.3) is 0 Å². The van der Waals surface area contributed by atoms with Gasteiger partial charge in [0.15, 0.2) is 10.9 Å². The number of anilines is 1. The lowest BCUT2D eigenvalue weighted by molar-refractivity contribution is 0.689. The Morgan fingerprint density at radius 2 is 2.00 bits per heavy atom. The lowest BCUT2D eigenvalue weighted by atomic mass is 10.2. The molecule has 0 spiro atoms. The number of nitrogens with one attached hydrogen (secondary N) is 2. The number of rotatable bonds is 4. The van der Waals surface area contributed by atoms with E-state index >= 15 is 0 Å². The standard InChI is InChI=1S/C14H15Cl3N4S/c1-8(2)18-14(22)19-13-12(17)7-21(20-13)6-9-3-4-10(15)5-11(9)16/h3-5,7-8H,6H2,1-2H3,(H2,18,19,20,22). The molecule has 4 nitrogen and oxygen atoms in total. The molecule has 0 bridgehead atoms. The third kappa shape index (κ3) is 4.74. The summed E-state index contributed by atoms with van der Waals surface area (Å²) in [4.78, 5) is 0. The Labute approximate surface area is 149 Å². The maximum absolute atomic E-state index is 6.17. The predicted octanol–water partition coefficient (Wildman–Crippen LogP) is 4.59. The summed E-state index contributed by atoms with van der Waals surface area (Å²) in [6.07, 6.45) is 1.72. The van der Waals surface area contributed by atoms with Crippen LogP contribution in [0.5, 0.6) is 0 Å². The molecule has 0 amide bonds. The van der Waals surface area contributed by atoms with Gasteiger partial charge in [-0.1, -0.05) is 40.9 Å². The van der Waals surface area contributed by atoms with Crippen LogP contribution in [-0.2, 0) is 6.54 Å². The Balaban J connectivity index is 2.10. The summed E-state index contributed by atoms with van der Waals surface area (Å²) in [7, 11) is 0. The average Bonchev–Trinajstić information content (AvgIpc) is 2.72. The van der Waals surface area contributed by atoms with Crippen LogP contribution < -0.4 is 10.6 Å². The van der Waals surface area contributed by atoms with Crippen LogP contribution in [0.3, 0.4) is 0 Å². The summed E-state index contributed by atoms with van der Waals surface area (Å²) >= 11 is 23.4. The molecule has 8 heteroatoms. The van der Waals surface area contributed by atoms with Gasteiger partial charge < -0.3 is 10.6 Å². The van der Waals surface area contributed by atoms with Crippen molar-refractivity contribution in [1.82, 2.24) is 15.1 Å². The molecule has 118 valence electrons. The number of aromatic nitrogens is 2. The van der Waals surface area contributed by atoms with Gasteiger partial charge >= 0.3 is 0 Å². The van der Waals surface area contributed by atoms with Crippen molar-refractivity contribution in [1.29, 1.82) is 0 Å². The zero-order chi connectivity index (χ0) is 16.3. The smallest absolute Gasteiger partial charge is 0.173 e. The van der Waals surface area contributed by atoms with Gasteiger partial charge in [0.25, 0.3) is 0 Å². The van der Waals surface area contributed by atoms with Crippen molar-refractivity contribution >= 4 is 58.0 Å². The number of hydrogen-bond donors (Lipinski definition) is 2. The maximum atomic E-state index is 6.17. The third-order valence-electron chi connectivity index (χ3n) is 2.72. The molecule has 1 aromatic carbocycles. The quantitative estimate of drug-likeness (QED) is 0.765. The minimum Gasteiger partial charge on any atom is -0.360 e. The van der Waals surface area contributed by atoms with E-state index in [1.165, 1.54) is 0 Å². The fourth-order valence-electron chi connectivity index (χ4n) is 1.79. The summed E-state index contributed by atoms with van der Waals surface area (Å²) in [5, 5.41) is 12.6. The predicted molar refractivity (Wildman–Crippen MR) is 97.3 cm³/mol. The van der Waals surface area contributed by atoms with E-state index in [0.717, 1.165) is 5.56 Å². The molecule has 2 N–H and O–H groups in total. The van der Waals surface area contributed by atoms with Gasteiger partial charge in [-0.2, -0.15) is 5.10 Å². The molecule has 22 heavy (non-hydrogen) atoms. The van der Waals surface area contributed by atoms with E-state index in [4.69, 9.17) is 47.0 Å². The summed E-state index contributed by atoms with van der Waals surface area (Å²) < 4.78 is 1.69. The van der Waals surface area contributed by atoms with E-state index in [2.05, 4.69) is 15.7 Å². The Morgan fingerprint density at radius 1 is 1.27 bits per heavy atom. The first-order chi connectivity index (χ1) is 10.3. The Morgan fingerprint density at radius 3 is 2.64 bits per heavy atom. The highest BCUT2D eigenvalue weighted by atomic mass is 35.5. The van der Waals surface area contributed by atoms with Gasteiger partial charge in [0.2, 0.25) is 0 Å². The highest BCUT2D eigenvalue weighted by Gasteiger charge is 2.10. The summed E-state index contributed by atoms with van der Waals surface area (Å²) in [6, 6.07) is 5.57. The van der Waals surface area contributed by atoms with Gasteiger partial charge in [0.05, 0.1) is 6.54 Å².